The maximum Gasteiger partial charge on any atom is 0.230 e. The van der Waals surface area contributed by atoms with Crippen molar-refractivity contribution < 1.29 is 4.52 Å². The van der Waals surface area contributed by atoms with Crippen molar-refractivity contribution in [1.82, 2.24) is 20.1 Å². The molecule has 3 aromatic heterocycles. The van der Waals surface area contributed by atoms with Crippen LogP contribution in [-0.4, -0.2) is 20.1 Å². The molecular formula is C16H16N4O. The molecule has 106 valence electrons. The molecule has 2 bridgehead atoms. The Morgan fingerprint density at radius 1 is 1.10 bits per heavy atom. The van der Waals surface area contributed by atoms with Crippen molar-refractivity contribution in [3.8, 4) is 11.5 Å². The molecule has 2 saturated carbocycles. The fraction of sp³-hybridized carbons (Fsp3) is 0.438. The van der Waals surface area contributed by atoms with Gasteiger partial charge in [-0.25, -0.2) is 4.98 Å². The fourth-order valence-electron chi connectivity index (χ4n) is 4.10. The highest BCUT2D eigenvalue weighted by Crippen LogP contribution is 2.52. The number of pyridine rings is 1. The van der Waals surface area contributed by atoms with Gasteiger partial charge in [-0.15, -0.1) is 0 Å². The summed E-state index contributed by atoms with van der Waals surface area (Å²) < 4.78 is 5.54. The number of aromatic amines is 1. The van der Waals surface area contributed by atoms with Crippen LogP contribution in [0.4, 0.5) is 0 Å². The van der Waals surface area contributed by atoms with Crippen LogP contribution in [0.3, 0.4) is 0 Å². The summed E-state index contributed by atoms with van der Waals surface area (Å²) in [5, 5.41) is 4.15. The van der Waals surface area contributed by atoms with Crippen molar-refractivity contribution in [3.63, 3.8) is 0 Å². The topological polar surface area (TPSA) is 67.6 Å². The Hall–Kier alpha value is -2.17. The maximum absolute atomic E-state index is 5.54. The smallest absolute Gasteiger partial charge is 0.230 e. The van der Waals surface area contributed by atoms with Crippen molar-refractivity contribution in [2.45, 2.75) is 31.6 Å². The third kappa shape index (κ3) is 1.73. The molecular weight excluding hydrogens is 264 g/mol. The number of nitrogens with one attached hydrogen (secondary N) is 1. The minimum atomic E-state index is 0.473. The van der Waals surface area contributed by atoms with E-state index in [1.165, 1.54) is 25.7 Å². The second kappa shape index (κ2) is 4.16. The second-order valence-electron chi connectivity index (χ2n) is 6.34. The number of fused-ring (bicyclic) bond motifs is 3. The molecule has 1 N–H and O–H groups in total. The Morgan fingerprint density at radius 3 is 2.95 bits per heavy atom. The molecule has 2 aliphatic rings. The van der Waals surface area contributed by atoms with Crippen LogP contribution < -0.4 is 0 Å². The maximum atomic E-state index is 5.54. The zero-order valence-corrected chi connectivity index (χ0v) is 11.6. The summed E-state index contributed by atoms with van der Waals surface area (Å²) in [5.41, 5.74) is 2.73. The normalized spacial score (nSPS) is 27.7. The Labute approximate surface area is 121 Å². The molecule has 0 amide bonds. The minimum absolute atomic E-state index is 0.473. The van der Waals surface area contributed by atoms with Gasteiger partial charge in [-0.1, -0.05) is 11.6 Å². The van der Waals surface area contributed by atoms with E-state index in [-0.39, 0.29) is 0 Å². The summed E-state index contributed by atoms with van der Waals surface area (Å²) in [6, 6.07) is 5.90. The zero-order chi connectivity index (χ0) is 13.8. The molecule has 3 unspecified atom stereocenters. The van der Waals surface area contributed by atoms with Crippen LogP contribution in [-0.2, 0) is 0 Å². The van der Waals surface area contributed by atoms with Crippen LogP contribution in [0.1, 0.15) is 37.5 Å². The quantitative estimate of drug-likeness (QED) is 0.780. The van der Waals surface area contributed by atoms with E-state index in [2.05, 4.69) is 20.1 Å². The van der Waals surface area contributed by atoms with E-state index in [1.54, 1.807) is 0 Å². The lowest BCUT2D eigenvalue weighted by Crippen LogP contribution is -2.08. The molecule has 0 radical (unpaired) electrons. The second-order valence-corrected chi connectivity index (χ2v) is 6.34. The highest BCUT2D eigenvalue weighted by Gasteiger charge is 2.42. The molecule has 2 fully saturated rings. The van der Waals surface area contributed by atoms with Crippen LogP contribution >= 0.6 is 0 Å². The molecule has 3 atom stereocenters. The largest absolute Gasteiger partial charge is 0.360 e. The number of hydrogen-bond donors (Lipinski definition) is 1. The lowest BCUT2D eigenvalue weighted by Gasteiger charge is -2.16. The highest BCUT2D eigenvalue weighted by atomic mass is 16.5. The molecule has 0 saturated heterocycles. The van der Waals surface area contributed by atoms with E-state index >= 15 is 0 Å². The first kappa shape index (κ1) is 11.5. The first-order valence-corrected chi connectivity index (χ1v) is 7.65. The monoisotopic (exact) mass is 280 g/mol. The van der Waals surface area contributed by atoms with Gasteiger partial charge in [0, 0.05) is 12.1 Å². The molecule has 0 spiro atoms. The Balaban J connectivity index is 1.50. The zero-order valence-electron chi connectivity index (χ0n) is 11.6. The van der Waals surface area contributed by atoms with Gasteiger partial charge in [0.25, 0.3) is 0 Å². The molecule has 0 aromatic carbocycles. The van der Waals surface area contributed by atoms with Crippen LogP contribution in [0.15, 0.2) is 28.9 Å². The number of aromatic nitrogens is 4. The van der Waals surface area contributed by atoms with Gasteiger partial charge in [-0.3, -0.25) is 0 Å². The van der Waals surface area contributed by atoms with Gasteiger partial charge in [0.2, 0.25) is 11.7 Å². The molecule has 0 aliphatic heterocycles. The summed E-state index contributed by atoms with van der Waals surface area (Å²) in [5.74, 6) is 3.53. The van der Waals surface area contributed by atoms with Crippen molar-refractivity contribution >= 4 is 11.0 Å². The summed E-state index contributed by atoms with van der Waals surface area (Å²) in [7, 11) is 0. The standard InChI is InChI=1S/C16H16N4O/c1-2-10-7-9(1)8-11(10)16-19-15(20-21-16)14-4-3-12-13(18-14)5-6-17-12/h3-6,9-11,17H,1-2,7-8H2. The molecule has 5 nitrogen and oxygen atoms in total. The van der Waals surface area contributed by atoms with Crippen molar-refractivity contribution in [3.05, 3.63) is 30.3 Å². The van der Waals surface area contributed by atoms with Gasteiger partial charge < -0.3 is 9.51 Å². The average molecular weight is 280 g/mol. The first-order valence-electron chi connectivity index (χ1n) is 7.65. The van der Waals surface area contributed by atoms with E-state index in [1.807, 2.05) is 24.4 Å². The number of nitrogens with zero attached hydrogens (tertiary/aromatic N) is 3. The molecule has 5 rings (SSSR count). The summed E-state index contributed by atoms with van der Waals surface area (Å²) in [6.45, 7) is 0. The Kier molecular flexibility index (Phi) is 2.28. The third-order valence-corrected chi connectivity index (χ3v) is 5.13. The van der Waals surface area contributed by atoms with Crippen molar-refractivity contribution in [2.24, 2.45) is 11.8 Å². The summed E-state index contributed by atoms with van der Waals surface area (Å²) >= 11 is 0. The molecule has 21 heavy (non-hydrogen) atoms. The summed E-state index contributed by atoms with van der Waals surface area (Å²) in [4.78, 5) is 12.3. The summed E-state index contributed by atoms with van der Waals surface area (Å²) in [6.07, 6.45) is 7.15. The van der Waals surface area contributed by atoms with Gasteiger partial charge >= 0.3 is 0 Å². The van der Waals surface area contributed by atoms with E-state index in [9.17, 15) is 0 Å². The van der Waals surface area contributed by atoms with Crippen LogP contribution in [0.2, 0.25) is 0 Å². The average Bonchev–Trinajstić information content (AvgIpc) is 3.27. The van der Waals surface area contributed by atoms with Gasteiger partial charge in [-0.2, -0.15) is 4.98 Å². The van der Waals surface area contributed by atoms with E-state index in [4.69, 9.17) is 4.52 Å². The van der Waals surface area contributed by atoms with Gasteiger partial charge in [0.05, 0.1) is 11.0 Å². The van der Waals surface area contributed by atoms with Crippen molar-refractivity contribution in [1.29, 1.82) is 0 Å². The fourth-order valence-corrected chi connectivity index (χ4v) is 4.10. The lowest BCUT2D eigenvalue weighted by atomic mass is 9.89. The van der Waals surface area contributed by atoms with Gasteiger partial charge in [0.15, 0.2) is 0 Å². The molecule has 3 heterocycles. The van der Waals surface area contributed by atoms with E-state index in [0.29, 0.717) is 11.7 Å². The number of rotatable bonds is 2. The minimum Gasteiger partial charge on any atom is -0.360 e. The first-order chi connectivity index (χ1) is 10.4. The predicted molar refractivity (Wildman–Crippen MR) is 77.6 cm³/mol. The molecule has 3 aromatic rings. The lowest BCUT2D eigenvalue weighted by molar-refractivity contribution is 0.302. The number of hydrogen-bond acceptors (Lipinski definition) is 4. The van der Waals surface area contributed by atoms with E-state index in [0.717, 1.165) is 34.5 Å². The van der Waals surface area contributed by atoms with Gasteiger partial charge in [-0.05, 0) is 49.3 Å². The van der Waals surface area contributed by atoms with E-state index < -0.39 is 0 Å². The van der Waals surface area contributed by atoms with Crippen LogP contribution in [0, 0.1) is 11.8 Å². The Bertz CT molecular complexity index is 805. The molecule has 5 heteroatoms. The number of H-pyrrole nitrogens is 1. The SMILES string of the molecule is c1cc2nc(-c3noc(C4CC5CCC4C5)n3)ccc2[nH]1. The third-order valence-electron chi connectivity index (χ3n) is 5.13. The highest BCUT2D eigenvalue weighted by molar-refractivity contribution is 5.77. The van der Waals surface area contributed by atoms with Crippen LogP contribution in [0.25, 0.3) is 22.6 Å². The van der Waals surface area contributed by atoms with Gasteiger partial charge in [0.1, 0.15) is 5.69 Å². The van der Waals surface area contributed by atoms with Crippen molar-refractivity contribution in [2.75, 3.05) is 0 Å². The molecule has 2 aliphatic carbocycles. The predicted octanol–water partition coefficient (Wildman–Crippen LogP) is 3.52. The Morgan fingerprint density at radius 2 is 2.10 bits per heavy atom. The van der Waals surface area contributed by atoms with Crippen LogP contribution in [0.5, 0.6) is 0 Å².